The highest BCUT2D eigenvalue weighted by molar-refractivity contribution is 9.18. The molecule has 1 radical (unpaired) electrons. The highest BCUT2D eigenvalue weighted by atomic mass is 79.9. The van der Waals surface area contributed by atoms with Crippen LogP contribution in [-0.4, -0.2) is 16.4 Å². The molecule has 0 aromatic heterocycles. The number of nitrogens with zero attached hydrogens (tertiary/aromatic N) is 2. The van der Waals surface area contributed by atoms with E-state index in [1.165, 1.54) is 33.0 Å². The van der Waals surface area contributed by atoms with Crippen LogP contribution in [0.15, 0.2) is 94.6 Å². The zero-order chi connectivity index (χ0) is 27.5. The second-order valence-electron chi connectivity index (χ2n) is 11.7. The number of halogens is 1. The number of hydrogen-bond donors (Lipinski definition) is 0. The van der Waals surface area contributed by atoms with Gasteiger partial charge in [0, 0.05) is 11.5 Å². The van der Waals surface area contributed by atoms with Crippen molar-refractivity contribution in [3.05, 3.63) is 124 Å². The van der Waals surface area contributed by atoms with Gasteiger partial charge in [-0.2, -0.15) is 0 Å². The summed E-state index contributed by atoms with van der Waals surface area (Å²) in [6.07, 6.45) is 9.10. The summed E-state index contributed by atoms with van der Waals surface area (Å²) in [5.41, 5.74) is 11.1. The zero-order valence-corrected chi connectivity index (χ0v) is 24.6. The van der Waals surface area contributed by atoms with Crippen LogP contribution in [0, 0.1) is 12.0 Å². The van der Waals surface area contributed by atoms with E-state index in [4.69, 9.17) is 14.7 Å². The lowest BCUT2D eigenvalue weighted by Crippen LogP contribution is -2.33. The van der Waals surface area contributed by atoms with Gasteiger partial charge in [0.25, 0.3) is 0 Å². The van der Waals surface area contributed by atoms with Gasteiger partial charge in [0.1, 0.15) is 17.3 Å². The summed E-state index contributed by atoms with van der Waals surface area (Å²) in [6.45, 7) is 2.79. The highest BCUT2D eigenvalue weighted by Crippen LogP contribution is 2.48. The van der Waals surface area contributed by atoms with E-state index in [-0.39, 0.29) is 12.0 Å². The molecular weight excluding hydrogens is 568 g/mol. The van der Waals surface area contributed by atoms with E-state index in [9.17, 15) is 0 Å². The largest absolute Gasteiger partial charge is 0.485 e. The van der Waals surface area contributed by atoms with E-state index in [2.05, 4.69) is 83.5 Å². The molecule has 201 valence electrons. The van der Waals surface area contributed by atoms with Crippen molar-refractivity contribution in [3.63, 3.8) is 0 Å². The Morgan fingerprint density at radius 2 is 1.85 bits per heavy atom. The number of allylic oxidation sites excluding steroid dienone is 2. The van der Waals surface area contributed by atoms with Crippen LogP contribution < -0.4 is 0 Å². The van der Waals surface area contributed by atoms with E-state index < -0.39 is 0 Å². The molecule has 0 spiro atoms. The zero-order valence-electron chi connectivity index (χ0n) is 23.0. The van der Waals surface area contributed by atoms with Crippen LogP contribution in [0.3, 0.4) is 0 Å². The van der Waals surface area contributed by atoms with Gasteiger partial charge in [-0.1, -0.05) is 85.8 Å². The summed E-state index contributed by atoms with van der Waals surface area (Å²) < 4.78 is 7.26. The van der Waals surface area contributed by atoms with Gasteiger partial charge in [-0.05, 0) is 98.3 Å². The number of ether oxygens (including phenoxy) is 1. The second kappa shape index (κ2) is 9.95. The third-order valence-corrected chi connectivity index (χ3v) is 9.70. The summed E-state index contributed by atoms with van der Waals surface area (Å²) in [4.78, 5) is 10.5. The molecule has 8 rings (SSSR count). The molecule has 2 aliphatic carbocycles. The molecule has 2 aliphatic heterocycles. The fourth-order valence-corrected chi connectivity index (χ4v) is 7.74. The lowest BCUT2D eigenvalue weighted by atomic mass is 9.73. The summed E-state index contributed by atoms with van der Waals surface area (Å²) >= 11 is 3.85. The van der Waals surface area contributed by atoms with Crippen molar-refractivity contribution in [1.29, 1.82) is 0 Å². The topological polar surface area (TPSA) is 34.0 Å². The Morgan fingerprint density at radius 3 is 2.76 bits per heavy atom. The minimum absolute atomic E-state index is 0.0760. The lowest BCUT2D eigenvalue weighted by molar-refractivity contribution is 0.220. The summed E-state index contributed by atoms with van der Waals surface area (Å²) in [5.74, 6) is 1.61. The fraction of sp³-hybridized carbons (Fsp3) is 0.243. The maximum absolute atomic E-state index is 6.48. The number of hydrogen-bond acceptors (Lipinski definition) is 3. The van der Waals surface area contributed by atoms with Crippen molar-refractivity contribution in [1.82, 2.24) is 0 Å². The average molecular weight is 599 g/mol. The highest BCUT2D eigenvalue weighted by Gasteiger charge is 2.41. The Kier molecular flexibility index (Phi) is 6.07. The maximum Gasteiger partial charge on any atom is 0.161 e. The van der Waals surface area contributed by atoms with Gasteiger partial charge in [0.2, 0.25) is 0 Å². The molecule has 4 aromatic rings. The SMILES string of the molecule is CC1C=Cc2ccc3c4c(ccc3c2C1)C(C1N=C(Br)C(OCc2ccccc2)=C2C1=Nc1c[c]ccc12)CCC4. The minimum Gasteiger partial charge on any atom is -0.485 e. The molecule has 0 amide bonds. The van der Waals surface area contributed by atoms with E-state index in [0.717, 1.165) is 64.2 Å². The predicted molar refractivity (Wildman–Crippen MR) is 172 cm³/mol. The number of aryl methyl sites for hydroxylation is 1. The molecule has 3 nitrogen and oxygen atoms in total. The molecule has 41 heavy (non-hydrogen) atoms. The van der Waals surface area contributed by atoms with Crippen molar-refractivity contribution < 1.29 is 4.74 Å². The number of dihydropyridines is 1. The Morgan fingerprint density at radius 1 is 1.00 bits per heavy atom. The van der Waals surface area contributed by atoms with Gasteiger partial charge >= 0.3 is 0 Å². The first-order valence-electron chi connectivity index (χ1n) is 14.7. The van der Waals surface area contributed by atoms with Crippen molar-refractivity contribution in [2.75, 3.05) is 0 Å². The third-order valence-electron chi connectivity index (χ3n) is 9.13. The number of fused-ring (bicyclic) bond motifs is 8. The second-order valence-corrected chi connectivity index (χ2v) is 12.4. The first-order valence-corrected chi connectivity index (χ1v) is 15.4. The molecule has 4 aromatic carbocycles. The van der Waals surface area contributed by atoms with E-state index in [1.54, 1.807) is 0 Å². The monoisotopic (exact) mass is 597 g/mol. The standard InChI is InChI=1S/C37H30BrN2O/c1-22-14-15-24-16-17-26-25-11-7-12-29(27(25)18-19-28(26)31(24)20-22)34-35-33(30-10-5-6-13-32(30)39-35)36(37(38)40-34)41-21-23-8-3-2-4-9-23/h2-5,8-10,13-19,22,29,34H,7,11-12,20-21H2,1H3. The normalized spacial score (nSPS) is 22.4. The van der Waals surface area contributed by atoms with E-state index in [1.807, 2.05) is 30.3 Å². The molecule has 4 aliphatic rings. The van der Waals surface area contributed by atoms with Crippen LogP contribution in [0.2, 0.25) is 0 Å². The molecule has 3 atom stereocenters. The van der Waals surface area contributed by atoms with Crippen LogP contribution in [0.1, 0.15) is 59.1 Å². The van der Waals surface area contributed by atoms with E-state index in [0.29, 0.717) is 12.5 Å². The van der Waals surface area contributed by atoms with Crippen molar-refractivity contribution in [2.24, 2.45) is 15.9 Å². The van der Waals surface area contributed by atoms with Gasteiger partial charge in [-0.25, -0.2) is 4.99 Å². The first kappa shape index (κ1) is 25.0. The van der Waals surface area contributed by atoms with Crippen LogP contribution in [0.5, 0.6) is 0 Å². The quantitative estimate of drug-likeness (QED) is 0.231. The molecule has 2 heterocycles. The smallest absolute Gasteiger partial charge is 0.161 e. The molecule has 0 saturated carbocycles. The Balaban J connectivity index is 1.22. The first-order chi connectivity index (χ1) is 20.2. The Labute approximate surface area is 249 Å². The number of benzene rings is 4. The van der Waals surface area contributed by atoms with Crippen LogP contribution in [0.4, 0.5) is 5.69 Å². The average Bonchev–Trinajstić information content (AvgIpc) is 3.40. The third kappa shape index (κ3) is 4.15. The summed E-state index contributed by atoms with van der Waals surface area (Å²) in [7, 11) is 0. The molecule has 0 N–H and O–H groups in total. The lowest BCUT2D eigenvalue weighted by Gasteiger charge is -2.34. The number of aliphatic imine (C=N–C) groups is 2. The molecule has 0 saturated heterocycles. The Bertz CT molecular complexity index is 1830. The van der Waals surface area contributed by atoms with Gasteiger partial charge in [0.05, 0.1) is 17.0 Å². The maximum atomic E-state index is 6.48. The van der Waals surface area contributed by atoms with Gasteiger partial charge in [0.15, 0.2) is 5.76 Å². The predicted octanol–water partition coefficient (Wildman–Crippen LogP) is 9.16. The van der Waals surface area contributed by atoms with Crippen molar-refractivity contribution in [3.8, 4) is 0 Å². The molecular formula is C37H30BrN2O. The summed E-state index contributed by atoms with van der Waals surface area (Å²) in [5, 5.41) is 2.84. The summed E-state index contributed by atoms with van der Waals surface area (Å²) in [6, 6.07) is 28.9. The molecule has 4 heteroatoms. The molecule has 0 fully saturated rings. The van der Waals surface area contributed by atoms with Crippen molar-refractivity contribution >= 4 is 54.4 Å². The Hall–Kier alpha value is -3.76. The van der Waals surface area contributed by atoms with Gasteiger partial charge in [-0.15, -0.1) is 0 Å². The van der Waals surface area contributed by atoms with Crippen molar-refractivity contribution in [2.45, 2.75) is 51.2 Å². The van der Waals surface area contributed by atoms with Gasteiger partial charge in [-0.3, -0.25) is 4.99 Å². The van der Waals surface area contributed by atoms with Crippen LogP contribution >= 0.6 is 15.9 Å². The molecule has 0 bridgehead atoms. The fourth-order valence-electron chi connectivity index (χ4n) is 7.20. The van der Waals surface area contributed by atoms with Crippen LogP contribution in [-0.2, 0) is 24.2 Å². The van der Waals surface area contributed by atoms with Crippen LogP contribution in [0.25, 0.3) is 22.4 Å². The van der Waals surface area contributed by atoms with Gasteiger partial charge < -0.3 is 4.74 Å². The minimum atomic E-state index is -0.0760. The number of rotatable bonds is 4. The molecule has 3 unspecified atom stereocenters. The van der Waals surface area contributed by atoms with E-state index >= 15 is 0 Å².